The molecular formula is C33H45FN5O11P. The Morgan fingerprint density at radius 2 is 1.71 bits per heavy atom. The van der Waals surface area contributed by atoms with Gasteiger partial charge >= 0.3 is 25.7 Å². The predicted molar refractivity (Wildman–Crippen MR) is 180 cm³/mol. The largest absolute Gasteiger partial charge is 0.461 e. The summed E-state index contributed by atoms with van der Waals surface area (Å²) in [6.45, 7) is 7.81. The molecule has 0 radical (unpaired) electrons. The van der Waals surface area contributed by atoms with Crippen molar-refractivity contribution in [2.45, 2.75) is 84.0 Å². The highest BCUT2D eigenvalue weighted by Gasteiger charge is 2.62. The molecule has 0 bridgehead atoms. The van der Waals surface area contributed by atoms with Crippen LogP contribution in [0.4, 0.5) is 10.2 Å². The Bertz CT molecular complexity index is 1730. The highest BCUT2D eigenvalue weighted by molar-refractivity contribution is 7.52. The van der Waals surface area contributed by atoms with Crippen LogP contribution in [-0.4, -0.2) is 87.0 Å². The lowest BCUT2D eigenvalue weighted by Gasteiger charge is -2.34. The fraction of sp³-hybridized carbons (Fsp3) is 0.545. The van der Waals surface area contributed by atoms with Crippen molar-refractivity contribution < 1.29 is 56.4 Å². The van der Waals surface area contributed by atoms with Crippen LogP contribution in [0, 0.1) is 11.8 Å². The minimum Gasteiger partial charge on any atom is -0.461 e. The van der Waals surface area contributed by atoms with Gasteiger partial charge in [-0.05, 0) is 45.0 Å². The summed E-state index contributed by atoms with van der Waals surface area (Å²) in [6, 6.07) is 9.65. The first-order valence-electron chi connectivity index (χ1n) is 16.3. The summed E-state index contributed by atoms with van der Waals surface area (Å²) in [5.41, 5.74) is 3.04. The minimum absolute atomic E-state index is 0.0633. The SMILES string of the molecule is CC(C)C(=O)O[C@H]1[C@H](c2ccc3c(N)ncnn23)O[C@](CF)(COP(=O)(N[C@@H](C)C(=O)OCC(C)(C)O)Oc2ccccc2)[C@H]1OC(=O)C(C)C. The minimum atomic E-state index is -4.64. The van der Waals surface area contributed by atoms with Gasteiger partial charge in [0, 0.05) is 0 Å². The number of alkyl halides is 1. The van der Waals surface area contributed by atoms with Crippen LogP contribution in [0.5, 0.6) is 5.75 Å². The number of ether oxygens (including phenoxy) is 4. The van der Waals surface area contributed by atoms with Crippen molar-refractivity contribution >= 4 is 37.0 Å². The third-order valence-electron chi connectivity index (χ3n) is 7.66. The van der Waals surface area contributed by atoms with Crippen LogP contribution in [0.3, 0.4) is 0 Å². The quantitative estimate of drug-likeness (QED) is 0.109. The number of hydrogen-bond donors (Lipinski definition) is 3. The zero-order valence-corrected chi connectivity index (χ0v) is 30.4. The van der Waals surface area contributed by atoms with E-state index < -0.39 is 86.3 Å². The Morgan fingerprint density at radius 3 is 2.31 bits per heavy atom. The number of aliphatic hydroxyl groups is 1. The fourth-order valence-electron chi connectivity index (χ4n) is 4.92. The van der Waals surface area contributed by atoms with Gasteiger partial charge in [-0.2, -0.15) is 10.2 Å². The number of carbonyl (C=O) groups excluding carboxylic acids is 3. The highest BCUT2D eigenvalue weighted by atomic mass is 31.2. The van der Waals surface area contributed by atoms with E-state index in [1.165, 1.54) is 43.7 Å². The third-order valence-corrected chi connectivity index (χ3v) is 9.29. The van der Waals surface area contributed by atoms with Crippen molar-refractivity contribution in [3.8, 4) is 5.75 Å². The van der Waals surface area contributed by atoms with Gasteiger partial charge in [0.1, 0.15) is 43.0 Å². The van der Waals surface area contributed by atoms with E-state index in [9.17, 15) is 24.1 Å². The maximum absolute atomic E-state index is 15.7. The van der Waals surface area contributed by atoms with E-state index in [1.807, 2.05) is 0 Å². The van der Waals surface area contributed by atoms with Crippen molar-refractivity contribution in [3.05, 3.63) is 54.5 Å². The predicted octanol–water partition coefficient (Wildman–Crippen LogP) is 3.72. The number of nitrogens with zero attached hydrogens (tertiary/aromatic N) is 3. The Kier molecular flexibility index (Phi) is 12.5. The number of fused-ring (bicyclic) bond motifs is 1. The molecule has 1 saturated heterocycles. The molecule has 2 aromatic heterocycles. The van der Waals surface area contributed by atoms with E-state index in [0.717, 1.165) is 0 Å². The number of halogens is 1. The van der Waals surface area contributed by atoms with Crippen molar-refractivity contribution in [3.63, 3.8) is 0 Å². The second kappa shape index (κ2) is 16.0. The number of para-hydroxylation sites is 1. The molecule has 1 aliphatic rings. The summed E-state index contributed by atoms with van der Waals surface area (Å²) in [5.74, 6) is -3.54. The number of rotatable bonds is 16. The van der Waals surface area contributed by atoms with Crippen molar-refractivity contribution in [2.75, 3.05) is 25.6 Å². The zero-order valence-electron chi connectivity index (χ0n) is 29.5. The zero-order chi connectivity index (χ0) is 37.7. The van der Waals surface area contributed by atoms with E-state index in [1.54, 1.807) is 58.0 Å². The van der Waals surface area contributed by atoms with Gasteiger partial charge < -0.3 is 34.3 Å². The average molecular weight is 738 g/mol. The van der Waals surface area contributed by atoms with Crippen LogP contribution in [0.2, 0.25) is 0 Å². The first-order chi connectivity index (χ1) is 23.9. The first kappa shape index (κ1) is 39.6. The molecule has 18 heteroatoms. The topological polar surface area (TPSA) is 212 Å². The summed E-state index contributed by atoms with van der Waals surface area (Å²) in [7, 11) is -4.64. The van der Waals surface area contributed by atoms with E-state index in [4.69, 9.17) is 33.7 Å². The van der Waals surface area contributed by atoms with Crippen molar-refractivity contribution in [1.29, 1.82) is 0 Å². The van der Waals surface area contributed by atoms with Gasteiger partial charge in [0.15, 0.2) is 23.6 Å². The number of benzene rings is 1. The van der Waals surface area contributed by atoms with Gasteiger partial charge in [0.2, 0.25) is 0 Å². The molecule has 0 amide bonds. The molecule has 1 aromatic carbocycles. The number of aromatic nitrogens is 3. The first-order valence-corrected chi connectivity index (χ1v) is 17.8. The summed E-state index contributed by atoms with van der Waals surface area (Å²) < 4.78 is 66.2. The number of esters is 3. The average Bonchev–Trinajstić information content (AvgIpc) is 3.62. The second-order valence-electron chi connectivity index (χ2n) is 13.5. The van der Waals surface area contributed by atoms with Crippen LogP contribution in [-0.2, 0) is 42.4 Å². The molecule has 16 nitrogen and oxygen atoms in total. The molecular weight excluding hydrogens is 692 g/mol. The summed E-state index contributed by atoms with van der Waals surface area (Å²) in [6.07, 6.45) is -3.26. The molecule has 1 unspecified atom stereocenters. The van der Waals surface area contributed by atoms with E-state index in [2.05, 4.69) is 15.2 Å². The summed E-state index contributed by atoms with van der Waals surface area (Å²) in [4.78, 5) is 43.0. The molecule has 1 aliphatic heterocycles. The number of hydrogen-bond acceptors (Lipinski definition) is 14. The number of nitrogens with two attached hydrogens (primary N) is 1. The van der Waals surface area contributed by atoms with Crippen LogP contribution in [0.1, 0.15) is 60.3 Å². The second-order valence-corrected chi connectivity index (χ2v) is 15.1. The summed E-state index contributed by atoms with van der Waals surface area (Å²) >= 11 is 0. The molecule has 0 spiro atoms. The fourth-order valence-corrected chi connectivity index (χ4v) is 6.47. The van der Waals surface area contributed by atoms with Gasteiger partial charge in [-0.1, -0.05) is 45.9 Å². The maximum Gasteiger partial charge on any atom is 0.459 e. The van der Waals surface area contributed by atoms with E-state index in [-0.39, 0.29) is 23.9 Å². The number of carbonyl (C=O) groups is 3. The standard InChI is InChI=1S/C33H45FN5O11P/c1-19(2)29(40)47-26-25(23-13-14-24-28(35)36-18-37-39(23)24)49-33(15-34,27(26)48-30(41)20(3)4)17-46-51(44,50-22-11-9-8-10-12-22)38-21(5)31(42)45-16-32(6,7)43/h8-14,18-21,25-27,43H,15-17H2,1-7H3,(H,38,44)(H2,35,36,37)/t21-,25-,26-,27-,33+,51?/m0/s1. The number of anilines is 1. The van der Waals surface area contributed by atoms with Gasteiger partial charge in [-0.15, -0.1) is 0 Å². The van der Waals surface area contributed by atoms with Crippen molar-refractivity contribution in [1.82, 2.24) is 19.7 Å². The van der Waals surface area contributed by atoms with Crippen LogP contribution < -0.4 is 15.3 Å². The molecule has 1 fully saturated rings. The maximum atomic E-state index is 15.7. The normalized spacial score (nSPS) is 22.5. The lowest BCUT2D eigenvalue weighted by atomic mass is 9.95. The molecule has 51 heavy (non-hydrogen) atoms. The van der Waals surface area contributed by atoms with E-state index >= 15 is 4.39 Å². The molecule has 4 N–H and O–H groups in total. The Labute approximate surface area is 294 Å². The lowest BCUT2D eigenvalue weighted by molar-refractivity contribution is -0.178. The van der Waals surface area contributed by atoms with Crippen molar-refractivity contribution in [2.24, 2.45) is 11.8 Å². The van der Waals surface area contributed by atoms with E-state index in [0.29, 0.717) is 5.52 Å². The lowest BCUT2D eigenvalue weighted by Crippen LogP contribution is -2.52. The summed E-state index contributed by atoms with van der Waals surface area (Å²) in [5, 5.41) is 16.7. The Morgan fingerprint density at radius 1 is 1.06 bits per heavy atom. The van der Waals surface area contributed by atoms with Gasteiger partial charge in [-0.3, -0.25) is 18.9 Å². The van der Waals surface area contributed by atoms with Gasteiger partial charge in [0.05, 0.1) is 29.7 Å². The molecule has 3 aromatic rings. The molecule has 0 saturated carbocycles. The monoisotopic (exact) mass is 737 g/mol. The molecule has 0 aliphatic carbocycles. The molecule has 6 atom stereocenters. The van der Waals surface area contributed by atoms with Crippen LogP contribution >= 0.6 is 7.75 Å². The third kappa shape index (κ3) is 9.60. The molecule has 4 rings (SSSR count). The smallest absolute Gasteiger partial charge is 0.459 e. The van der Waals surface area contributed by atoms with Crippen LogP contribution in [0.25, 0.3) is 5.52 Å². The number of nitrogen functional groups attached to an aromatic ring is 1. The molecule has 280 valence electrons. The highest BCUT2D eigenvalue weighted by Crippen LogP contribution is 2.50. The molecule has 3 heterocycles. The van der Waals surface area contributed by atoms with Crippen LogP contribution in [0.15, 0.2) is 48.8 Å². The van der Waals surface area contributed by atoms with Gasteiger partial charge in [0.25, 0.3) is 0 Å². The Hall–Kier alpha value is -4.15. The number of nitrogens with one attached hydrogen (secondary N) is 1. The Balaban J connectivity index is 1.77. The van der Waals surface area contributed by atoms with Gasteiger partial charge in [-0.25, -0.2) is 18.5 Å².